The highest BCUT2D eigenvalue weighted by Crippen LogP contribution is 2.33. The minimum atomic E-state index is -4.71. The van der Waals surface area contributed by atoms with E-state index in [1.54, 1.807) is 0 Å². The Morgan fingerprint density at radius 3 is 2.59 bits per heavy atom. The maximum Gasteiger partial charge on any atom is 0.573 e. The van der Waals surface area contributed by atoms with Gasteiger partial charge in [-0.2, -0.15) is 0 Å². The van der Waals surface area contributed by atoms with Crippen LogP contribution in [-0.4, -0.2) is 12.2 Å². The molecule has 2 N–H and O–H groups in total. The second-order valence-corrected chi connectivity index (χ2v) is 3.97. The number of halogens is 4. The average molecular weight is 311 g/mol. The lowest BCUT2D eigenvalue weighted by molar-refractivity contribution is -0.274. The number of hydrogen-bond acceptors (Lipinski definition) is 2. The van der Waals surface area contributed by atoms with Crippen molar-refractivity contribution in [3.8, 4) is 5.75 Å². The summed E-state index contributed by atoms with van der Waals surface area (Å²) in [7, 11) is 0. The molecule has 7 heteroatoms. The molecule has 0 heterocycles. The Morgan fingerprint density at radius 2 is 2.12 bits per heavy atom. The first kappa shape index (κ1) is 13.8. The molecule has 0 saturated heterocycles. The average Bonchev–Trinajstić information content (AvgIpc) is 2.20. The van der Waals surface area contributed by atoms with Gasteiger partial charge < -0.3 is 10.5 Å². The summed E-state index contributed by atoms with van der Waals surface area (Å²) in [5, 5.41) is 0. The predicted molar refractivity (Wildman–Crippen MR) is 62.4 cm³/mol. The number of hydrogen-bond donors (Lipinski definition) is 1. The highest BCUT2D eigenvalue weighted by atomic mass is 79.9. The summed E-state index contributed by atoms with van der Waals surface area (Å²) in [5.74, 6) is 0.0907. The van der Waals surface area contributed by atoms with Crippen molar-refractivity contribution in [3.05, 3.63) is 22.7 Å². The fourth-order valence-electron chi connectivity index (χ4n) is 1.01. The molecule has 94 valence electrons. The molecular weight excluding hydrogens is 301 g/mol. The van der Waals surface area contributed by atoms with Gasteiger partial charge in [0.2, 0.25) is 0 Å². The molecule has 0 aliphatic rings. The standard InChI is InChI=1S/C10H10BrF3N2O/c1-2-9(15)16-6-3-4-8(7(11)5-6)17-10(12,13)14/h3-5H,2H2,1H3,(H2,15,16). The lowest BCUT2D eigenvalue weighted by atomic mass is 10.3. The van der Waals surface area contributed by atoms with Gasteiger partial charge in [-0.3, -0.25) is 0 Å². The topological polar surface area (TPSA) is 47.6 Å². The maximum atomic E-state index is 12.0. The smallest absolute Gasteiger partial charge is 0.405 e. The van der Waals surface area contributed by atoms with Gasteiger partial charge in [0.15, 0.2) is 0 Å². The van der Waals surface area contributed by atoms with Crippen molar-refractivity contribution in [2.24, 2.45) is 10.7 Å². The largest absolute Gasteiger partial charge is 0.573 e. The maximum absolute atomic E-state index is 12.0. The van der Waals surface area contributed by atoms with Crippen LogP contribution in [0.15, 0.2) is 27.7 Å². The number of rotatable bonds is 3. The second-order valence-electron chi connectivity index (χ2n) is 3.12. The first-order chi connectivity index (χ1) is 7.81. The molecule has 0 bridgehead atoms. The van der Waals surface area contributed by atoms with Crippen LogP contribution in [0.4, 0.5) is 18.9 Å². The molecule has 0 saturated carbocycles. The van der Waals surface area contributed by atoms with Crippen LogP contribution in [-0.2, 0) is 0 Å². The first-order valence-electron chi connectivity index (χ1n) is 4.70. The Labute approximate surface area is 105 Å². The Hall–Kier alpha value is -1.24. The van der Waals surface area contributed by atoms with Gasteiger partial charge in [0.05, 0.1) is 16.0 Å². The van der Waals surface area contributed by atoms with Crippen LogP contribution in [0.2, 0.25) is 0 Å². The molecular formula is C10H10BrF3N2O. The minimum Gasteiger partial charge on any atom is -0.405 e. The van der Waals surface area contributed by atoms with Crippen molar-refractivity contribution < 1.29 is 17.9 Å². The molecule has 0 aromatic heterocycles. The molecule has 1 rings (SSSR count). The van der Waals surface area contributed by atoms with E-state index in [0.717, 1.165) is 0 Å². The van der Waals surface area contributed by atoms with Gasteiger partial charge in [-0.25, -0.2) is 4.99 Å². The van der Waals surface area contributed by atoms with Crippen molar-refractivity contribution in [2.45, 2.75) is 19.7 Å². The van der Waals surface area contributed by atoms with E-state index in [2.05, 4.69) is 25.7 Å². The number of benzene rings is 1. The number of nitrogens with two attached hydrogens (primary N) is 1. The number of alkyl halides is 3. The van der Waals surface area contributed by atoms with E-state index in [0.29, 0.717) is 17.9 Å². The Bertz CT molecular complexity index is 432. The molecule has 0 aliphatic carbocycles. The zero-order valence-electron chi connectivity index (χ0n) is 8.88. The Balaban J connectivity index is 2.94. The number of amidine groups is 1. The normalized spacial score (nSPS) is 12.6. The highest BCUT2D eigenvalue weighted by Gasteiger charge is 2.31. The minimum absolute atomic E-state index is 0.167. The highest BCUT2D eigenvalue weighted by molar-refractivity contribution is 9.10. The third-order valence-corrected chi connectivity index (χ3v) is 2.40. The molecule has 3 nitrogen and oxygen atoms in total. The fraction of sp³-hybridized carbons (Fsp3) is 0.300. The summed E-state index contributed by atoms with van der Waals surface area (Å²) >= 11 is 2.98. The van der Waals surface area contributed by atoms with E-state index in [1.807, 2.05) is 6.92 Å². The van der Waals surface area contributed by atoms with Gasteiger partial charge >= 0.3 is 6.36 Å². The lowest BCUT2D eigenvalue weighted by Crippen LogP contribution is -2.17. The summed E-state index contributed by atoms with van der Waals surface area (Å²) in [5.41, 5.74) is 5.98. The third kappa shape index (κ3) is 4.64. The molecule has 0 radical (unpaired) electrons. The van der Waals surface area contributed by atoms with Crippen LogP contribution in [0.5, 0.6) is 5.75 Å². The van der Waals surface area contributed by atoms with Gasteiger partial charge in [-0.15, -0.1) is 13.2 Å². The zero-order chi connectivity index (χ0) is 13.1. The number of nitrogens with zero attached hydrogens (tertiary/aromatic N) is 1. The molecule has 1 aromatic rings. The Morgan fingerprint density at radius 1 is 1.47 bits per heavy atom. The molecule has 0 unspecified atom stereocenters. The van der Waals surface area contributed by atoms with E-state index in [1.165, 1.54) is 18.2 Å². The Kier molecular flexibility index (Phi) is 4.39. The summed E-state index contributed by atoms with van der Waals surface area (Å²) in [4.78, 5) is 4.00. The summed E-state index contributed by atoms with van der Waals surface area (Å²) in [6.45, 7) is 1.83. The van der Waals surface area contributed by atoms with Gasteiger partial charge in [0.1, 0.15) is 5.75 Å². The van der Waals surface area contributed by atoms with Gasteiger partial charge in [0, 0.05) is 6.42 Å². The van der Waals surface area contributed by atoms with Gasteiger partial charge in [0.25, 0.3) is 0 Å². The van der Waals surface area contributed by atoms with E-state index in [-0.39, 0.29) is 10.2 Å². The number of aliphatic imine (C=N–C) groups is 1. The molecule has 0 fully saturated rings. The zero-order valence-corrected chi connectivity index (χ0v) is 10.5. The van der Waals surface area contributed by atoms with E-state index in [9.17, 15) is 13.2 Å². The van der Waals surface area contributed by atoms with E-state index < -0.39 is 6.36 Å². The molecule has 0 aliphatic heterocycles. The van der Waals surface area contributed by atoms with E-state index in [4.69, 9.17) is 5.73 Å². The van der Waals surface area contributed by atoms with Crippen LogP contribution in [0, 0.1) is 0 Å². The van der Waals surface area contributed by atoms with Crippen molar-refractivity contribution in [3.63, 3.8) is 0 Å². The predicted octanol–water partition coefficient (Wildman–Crippen LogP) is 3.75. The molecule has 1 aromatic carbocycles. The monoisotopic (exact) mass is 310 g/mol. The van der Waals surface area contributed by atoms with Crippen molar-refractivity contribution >= 4 is 27.5 Å². The molecule has 17 heavy (non-hydrogen) atoms. The molecule has 0 spiro atoms. The quantitative estimate of drug-likeness (QED) is 0.683. The van der Waals surface area contributed by atoms with Crippen LogP contribution in [0.1, 0.15) is 13.3 Å². The van der Waals surface area contributed by atoms with Crippen molar-refractivity contribution in [1.29, 1.82) is 0 Å². The van der Waals surface area contributed by atoms with Crippen LogP contribution in [0.3, 0.4) is 0 Å². The summed E-state index contributed by atoms with van der Waals surface area (Å²) in [6, 6.07) is 3.98. The second kappa shape index (κ2) is 5.39. The van der Waals surface area contributed by atoms with Crippen LogP contribution >= 0.6 is 15.9 Å². The first-order valence-corrected chi connectivity index (χ1v) is 5.49. The fourth-order valence-corrected chi connectivity index (χ4v) is 1.46. The van der Waals surface area contributed by atoms with Gasteiger partial charge in [-0.1, -0.05) is 6.92 Å². The van der Waals surface area contributed by atoms with E-state index >= 15 is 0 Å². The van der Waals surface area contributed by atoms with Gasteiger partial charge in [-0.05, 0) is 34.1 Å². The molecule has 0 atom stereocenters. The van der Waals surface area contributed by atoms with Crippen molar-refractivity contribution in [2.75, 3.05) is 0 Å². The molecule has 0 amide bonds. The third-order valence-electron chi connectivity index (χ3n) is 1.78. The van der Waals surface area contributed by atoms with Crippen LogP contribution in [0.25, 0.3) is 0 Å². The van der Waals surface area contributed by atoms with Crippen LogP contribution < -0.4 is 10.5 Å². The van der Waals surface area contributed by atoms with Crippen molar-refractivity contribution in [1.82, 2.24) is 0 Å². The summed E-state index contributed by atoms with van der Waals surface area (Å²) < 4.78 is 39.9. The lowest BCUT2D eigenvalue weighted by Gasteiger charge is -2.10. The SMILES string of the molecule is CCC(N)=Nc1ccc(OC(F)(F)F)c(Br)c1. The number of ether oxygens (including phenoxy) is 1. The summed E-state index contributed by atoms with van der Waals surface area (Å²) in [6.07, 6.45) is -4.14.